The number of rotatable bonds is 7. The summed E-state index contributed by atoms with van der Waals surface area (Å²) in [5.74, 6) is -2.20. The molecule has 1 aromatic carbocycles. The van der Waals surface area contributed by atoms with Crippen molar-refractivity contribution in [1.29, 1.82) is 0 Å². The van der Waals surface area contributed by atoms with Crippen molar-refractivity contribution in [1.82, 2.24) is 15.2 Å². The standard InChI is InChI=1S/C24H27FN4O6/c1-24(23(33)27-8-9-34-3)12-29-18-17(19(30)16(22(29)32)21(31)26-2)28-11-14(20(18)35-24)10-13-4-6-15(25)7-5-13/h4-7,14,30H,8-12H2,1-3H3,(H,26,31)(H,27,33). The summed E-state index contributed by atoms with van der Waals surface area (Å²) in [5.41, 5.74) is -1.87. The van der Waals surface area contributed by atoms with Crippen molar-refractivity contribution in [2.45, 2.75) is 25.5 Å². The SMILES string of the molecule is CNC(=O)c1c(O)c2c3n(c1=O)CC(C)(C(=O)NCCOC)OC=3C(Cc1ccc(F)cc1)CN=2. The Kier molecular flexibility index (Phi) is 6.62. The summed E-state index contributed by atoms with van der Waals surface area (Å²) in [6, 6.07) is 5.98. The Morgan fingerprint density at radius 1 is 1.34 bits per heavy atom. The zero-order valence-electron chi connectivity index (χ0n) is 19.7. The number of carbonyl (C=O) groups is 2. The van der Waals surface area contributed by atoms with Gasteiger partial charge in [0.15, 0.2) is 5.75 Å². The number of benzene rings is 1. The molecule has 2 unspecified atom stereocenters. The summed E-state index contributed by atoms with van der Waals surface area (Å²) in [6.45, 7) is 2.06. The molecule has 0 radical (unpaired) electrons. The van der Waals surface area contributed by atoms with Gasteiger partial charge in [0, 0.05) is 26.6 Å². The maximum atomic E-state index is 13.4. The minimum atomic E-state index is -1.48. The smallest absolute Gasteiger partial charge is 0.268 e. The third-order valence-electron chi connectivity index (χ3n) is 6.20. The van der Waals surface area contributed by atoms with E-state index in [2.05, 4.69) is 15.6 Å². The molecule has 2 amide bonds. The fourth-order valence-corrected chi connectivity index (χ4v) is 4.40. The number of carbonyl (C=O) groups excluding carboxylic acids is 2. The van der Waals surface area contributed by atoms with Gasteiger partial charge < -0.3 is 25.2 Å². The maximum Gasteiger partial charge on any atom is 0.268 e. The maximum absolute atomic E-state index is 13.4. The number of methoxy groups -OCH3 is 1. The molecule has 10 nitrogen and oxygen atoms in total. The van der Waals surface area contributed by atoms with E-state index in [4.69, 9.17) is 9.47 Å². The highest BCUT2D eigenvalue weighted by Gasteiger charge is 2.44. The Balaban J connectivity index is 1.88. The number of amides is 2. The van der Waals surface area contributed by atoms with Crippen molar-refractivity contribution in [3.8, 4) is 5.75 Å². The summed E-state index contributed by atoms with van der Waals surface area (Å²) in [7, 11) is 2.86. The Labute approximate surface area is 200 Å². The lowest BCUT2D eigenvalue weighted by atomic mass is 9.92. The van der Waals surface area contributed by atoms with Crippen molar-refractivity contribution >= 4 is 17.6 Å². The number of nitrogens with zero attached hydrogens (tertiary/aromatic N) is 2. The van der Waals surface area contributed by atoms with Gasteiger partial charge in [-0.25, -0.2) is 4.39 Å². The third kappa shape index (κ3) is 4.39. The van der Waals surface area contributed by atoms with Crippen molar-refractivity contribution in [2.75, 3.05) is 33.9 Å². The van der Waals surface area contributed by atoms with E-state index in [0.717, 1.165) is 5.56 Å². The minimum Gasteiger partial charge on any atom is -0.505 e. The molecule has 0 spiro atoms. The van der Waals surface area contributed by atoms with Crippen LogP contribution in [0.1, 0.15) is 22.8 Å². The van der Waals surface area contributed by atoms with E-state index in [-0.39, 0.29) is 36.2 Å². The molecule has 2 aliphatic heterocycles. The fourth-order valence-electron chi connectivity index (χ4n) is 4.40. The molecule has 3 N–H and O–H groups in total. The van der Waals surface area contributed by atoms with E-state index >= 15 is 0 Å². The Hall–Kier alpha value is -3.73. The number of halogens is 1. The van der Waals surface area contributed by atoms with Crippen LogP contribution in [0.5, 0.6) is 5.75 Å². The van der Waals surface area contributed by atoms with Crippen LogP contribution in [0.3, 0.4) is 0 Å². The molecule has 2 aromatic rings. The minimum absolute atomic E-state index is 0.0652. The summed E-state index contributed by atoms with van der Waals surface area (Å²) in [5, 5.41) is 16.2. The molecule has 35 heavy (non-hydrogen) atoms. The number of hydrogen-bond donors (Lipinski definition) is 3. The first-order valence-corrected chi connectivity index (χ1v) is 11.2. The van der Waals surface area contributed by atoms with Gasteiger partial charge in [0.05, 0.1) is 19.7 Å². The van der Waals surface area contributed by atoms with Crippen LogP contribution < -0.4 is 26.9 Å². The first-order valence-electron chi connectivity index (χ1n) is 11.2. The number of ether oxygens (including phenoxy) is 2. The first kappa shape index (κ1) is 24.4. The molecule has 0 bridgehead atoms. The molecule has 11 heteroatoms. The fraction of sp³-hybridized carbons (Fsp3) is 0.417. The van der Waals surface area contributed by atoms with Gasteiger partial charge in [-0.05, 0) is 31.0 Å². The van der Waals surface area contributed by atoms with Gasteiger partial charge in [-0.2, -0.15) is 0 Å². The van der Waals surface area contributed by atoms with Crippen LogP contribution in [-0.2, 0) is 27.2 Å². The van der Waals surface area contributed by atoms with Gasteiger partial charge in [-0.15, -0.1) is 0 Å². The Morgan fingerprint density at radius 2 is 2.06 bits per heavy atom. The number of aromatic nitrogens is 1. The van der Waals surface area contributed by atoms with Crippen LogP contribution >= 0.6 is 0 Å². The van der Waals surface area contributed by atoms with Crippen molar-refractivity contribution in [3.63, 3.8) is 0 Å². The molecule has 3 heterocycles. The van der Waals surface area contributed by atoms with Crippen molar-refractivity contribution in [3.05, 3.63) is 62.3 Å². The quantitative estimate of drug-likeness (QED) is 0.440. The molecule has 4 rings (SSSR count). The zero-order chi connectivity index (χ0) is 25.3. The lowest BCUT2D eigenvalue weighted by Gasteiger charge is -2.38. The predicted molar refractivity (Wildman–Crippen MR) is 123 cm³/mol. The molecule has 186 valence electrons. The summed E-state index contributed by atoms with van der Waals surface area (Å²) in [6.07, 6.45) is 0.395. The Bertz CT molecular complexity index is 1350. The van der Waals surface area contributed by atoms with Gasteiger partial charge in [0.25, 0.3) is 17.4 Å². The summed E-state index contributed by atoms with van der Waals surface area (Å²) in [4.78, 5) is 43.4. The lowest BCUT2D eigenvalue weighted by Crippen LogP contribution is -2.62. The van der Waals surface area contributed by atoms with Gasteiger partial charge in [0.2, 0.25) is 5.60 Å². The number of nitrogens with one attached hydrogen (secondary N) is 2. The van der Waals surface area contributed by atoms with Gasteiger partial charge in [-0.3, -0.25) is 23.9 Å². The first-order chi connectivity index (χ1) is 16.7. The lowest BCUT2D eigenvalue weighted by molar-refractivity contribution is -0.141. The van der Waals surface area contributed by atoms with Crippen LogP contribution in [-0.4, -0.2) is 60.9 Å². The van der Waals surface area contributed by atoms with Crippen LogP contribution in [0.2, 0.25) is 0 Å². The van der Waals surface area contributed by atoms with Crippen LogP contribution in [0, 0.1) is 11.7 Å². The van der Waals surface area contributed by atoms with Crippen molar-refractivity contribution < 1.29 is 28.6 Å². The van der Waals surface area contributed by atoms with Crippen LogP contribution in [0.25, 0.3) is 5.76 Å². The normalized spacial score (nSPS) is 20.3. The van der Waals surface area contributed by atoms with E-state index in [1.807, 2.05) is 0 Å². The topological polar surface area (TPSA) is 131 Å². The molecule has 2 atom stereocenters. The number of aromatic hydroxyl groups is 1. The van der Waals surface area contributed by atoms with E-state index < -0.39 is 40.2 Å². The van der Waals surface area contributed by atoms with Gasteiger partial charge >= 0.3 is 0 Å². The predicted octanol–water partition coefficient (Wildman–Crippen LogP) is -0.796. The number of hydrogen-bond acceptors (Lipinski definition) is 7. The molecular formula is C24H27FN4O6. The third-order valence-corrected chi connectivity index (χ3v) is 6.20. The highest BCUT2D eigenvalue weighted by Crippen LogP contribution is 2.30. The molecule has 0 aliphatic carbocycles. The van der Waals surface area contributed by atoms with E-state index in [0.29, 0.717) is 18.8 Å². The second-order valence-corrected chi connectivity index (χ2v) is 8.71. The molecule has 0 saturated carbocycles. The summed E-state index contributed by atoms with van der Waals surface area (Å²) >= 11 is 0. The van der Waals surface area contributed by atoms with Gasteiger partial charge in [0.1, 0.15) is 27.8 Å². The number of pyridine rings is 1. The average molecular weight is 487 g/mol. The highest BCUT2D eigenvalue weighted by molar-refractivity contribution is 5.96. The highest BCUT2D eigenvalue weighted by atomic mass is 19.1. The largest absolute Gasteiger partial charge is 0.505 e. The molecule has 0 saturated heterocycles. The summed E-state index contributed by atoms with van der Waals surface area (Å²) < 4.78 is 25.9. The average Bonchev–Trinajstić information content (AvgIpc) is 2.84. The molecular weight excluding hydrogens is 459 g/mol. The second kappa shape index (κ2) is 9.49. The molecule has 0 fully saturated rings. The zero-order valence-corrected chi connectivity index (χ0v) is 19.7. The second-order valence-electron chi connectivity index (χ2n) is 8.71. The van der Waals surface area contributed by atoms with Gasteiger partial charge in [-0.1, -0.05) is 12.1 Å². The van der Waals surface area contributed by atoms with E-state index in [9.17, 15) is 23.9 Å². The van der Waals surface area contributed by atoms with Crippen LogP contribution in [0.15, 0.2) is 34.1 Å². The van der Waals surface area contributed by atoms with E-state index in [1.165, 1.54) is 30.9 Å². The Morgan fingerprint density at radius 3 is 2.71 bits per heavy atom. The molecule has 2 aliphatic rings. The monoisotopic (exact) mass is 486 g/mol. The molecule has 1 aromatic heterocycles. The van der Waals surface area contributed by atoms with Crippen molar-refractivity contribution in [2.24, 2.45) is 10.9 Å². The van der Waals surface area contributed by atoms with Crippen LogP contribution in [0.4, 0.5) is 4.39 Å². The van der Waals surface area contributed by atoms with E-state index in [1.54, 1.807) is 19.1 Å².